The zero-order chi connectivity index (χ0) is 20.5. The molecule has 1 amide bonds. The van der Waals surface area contributed by atoms with Gasteiger partial charge in [0.2, 0.25) is 5.88 Å². The molecule has 0 atom stereocenters. The summed E-state index contributed by atoms with van der Waals surface area (Å²) in [6, 6.07) is 1.67. The molecule has 1 aliphatic rings. The second-order valence-corrected chi connectivity index (χ2v) is 7.82. The molecule has 0 saturated heterocycles. The fraction of sp³-hybridized carbons (Fsp3) is 0.500. The van der Waals surface area contributed by atoms with Gasteiger partial charge >= 0.3 is 0 Å². The molecule has 0 unspecified atom stereocenters. The number of oxazole rings is 1. The normalized spacial score (nSPS) is 19.9. The zero-order valence-electron chi connectivity index (χ0n) is 16.3. The second kappa shape index (κ2) is 7.88. The van der Waals surface area contributed by atoms with Crippen LogP contribution < -0.4 is 5.32 Å². The summed E-state index contributed by atoms with van der Waals surface area (Å²) in [6.45, 7) is 4.40. The molecule has 29 heavy (non-hydrogen) atoms. The maximum atomic E-state index is 13.5. The molecule has 9 heteroatoms. The van der Waals surface area contributed by atoms with Crippen molar-refractivity contribution in [3.05, 3.63) is 41.8 Å². The van der Waals surface area contributed by atoms with Crippen LogP contribution in [-0.4, -0.2) is 25.5 Å². The number of nitrogens with one attached hydrogen (secondary N) is 1. The van der Waals surface area contributed by atoms with Gasteiger partial charge in [-0.2, -0.15) is 5.10 Å². The van der Waals surface area contributed by atoms with Crippen LogP contribution in [0.5, 0.6) is 0 Å². The molecule has 3 aromatic rings. The first-order valence-electron chi connectivity index (χ1n) is 9.82. The molecular weight excluding hydrogens is 380 g/mol. The van der Waals surface area contributed by atoms with Crippen LogP contribution >= 0.6 is 0 Å². The molecular formula is C20H23F2N5O2. The smallest absolute Gasteiger partial charge is 0.285 e. The first-order valence-corrected chi connectivity index (χ1v) is 9.82. The van der Waals surface area contributed by atoms with E-state index < -0.39 is 18.0 Å². The van der Waals surface area contributed by atoms with Gasteiger partial charge in [-0.1, -0.05) is 13.8 Å². The van der Waals surface area contributed by atoms with Crippen LogP contribution in [-0.2, 0) is 0 Å². The molecule has 3 heterocycles. The van der Waals surface area contributed by atoms with E-state index in [1.165, 1.54) is 16.9 Å². The lowest BCUT2D eigenvalue weighted by molar-refractivity contribution is 0.102. The number of hydrogen-bond donors (Lipinski definition) is 1. The number of anilines is 1. The van der Waals surface area contributed by atoms with Gasteiger partial charge in [-0.05, 0) is 43.6 Å². The minimum atomic E-state index is -2.85. The van der Waals surface area contributed by atoms with Crippen LogP contribution in [0.3, 0.4) is 0 Å². The summed E-state index contributed by atoms with van der Waals surface area (Å²) in [5, 5.41) is 6.47. The van der Waals surface area contributed by atoms with Crippen LogP contribution in [0.4, 0.5) is 14.7 Å². The molecule has 3 aromatic heterocycles. The fourth-order valence-electron chi connectivity index (χ4n) is 3.95. The van der Waals surface area contributed by atoms with Crippen LogP contribution in [0.2, 0.25) is 0 Å². The molecule has 0 radical (unpaired) electrons. The highest BCUT2D eigenvalue weighted by atomic mass is 19.3. The molecule has 4 rings (SSSR count). The van der Waals surface area contributed by atoms with Crippen molar-refractivity contribution in [3.63, 3.8) is 0 Å². The minimum Gasteiger partial charge on any atom is -0.424 e. The third-order valence-electron chi connectivity index (χ3n) is 5.69. The van der Waals surface area contributed by atoms with Gasteiger partial charge < -0.3 is 4.42 Å². The van der Waals surface area contributed by atoms with E-state index in [4.69, 9.17) is 4.42 Å². The summed E-state index contributed by atoms with van der Waals surface area (Å²) >= 11 is 0. The standard InChI is InChI=1S/C20H23F2N5O2/c1-11(2)12-4-6-13(7-5-12)19-25-15(16(21)22)20(29-19)26-18(28)14-10-24-27-9-3-8-23-17(14)27/h3,8-13,16H,4-7H2,1-2H3,(H,26,28). The molecule has 0 spiro atoms. The number of aromatic nitrogens is 4. The number of halogens is 2. The fourth-order valence-corrected chi connectivity index (χ4v) is 3.95. The topological polar surface area (TPSA) is 85.3 Å². The van der Waals surface area contributed by atoms with Crippen molar-refractivity contribution >= 4 is 17.4 Å². The number of fused-ring (bicyclic) bond motifs is 1. The van der Waals surface area contributed by atoms with Crippen molar-refractivity contribution in [2.45, 2.75) is 51.9 Å². The molecule has 7 nitrogen and oxygen atoms in total. The quantitative estimate of drug-likeness (QED) is 0.659. The van der Waals surface area contributed by atoms with Gasteiger partial charge in [0.25, 0.3) is 12.3 Å². The Labute approximate surface area is 166 Å². The van der Waals surface area contributed by atoms with Crippen molar-refractivity contribution in [2.24, 2.45) is 11.8 Å². The highest BCUT2D eigenvalue weighted by molar-refractivity contribution is 6.07. The third-order valence-corrected chi connectivity index (χ3v) is 5.69. The number of alkyl halides is 2. The first-order chi connectivity index (χ1) is 13.9. The van der Waals surface area contributed by atoms with Crippen LogP contribution in [0.15, 0.2) is 29.1 Å². The molecule has 154 valence electrons. The van der Waals surface area contributed by atoms with Gasteiger partial charge in [0.15, 0.2) is 17.2 Å². The lowest BCUT2D eigenvalue weighted by atomic mass is 9.77. The number of hydrogen-bond acceptors (Lipinski definition) is 5. The van der Waals surface area contributed by atoms with E-state index in [1.807, 2.05) is 0 Å². The third kappa shape index (κ3) is 3.86. The average molecular weight is 403 g/mol. The Balaban J connectivity index is 1.55. The predicted octanol–water partition coefficient (Wildman–Crippen LogP) is 4.84. The SMILES string of the molecule is CC(C)C1CCC(c2nc(C(F)F)c(NC(=O)c3cnn4cccnc34)o2)CC1. The van der Waals surface area contributed by atoms with E-state index in [0.29, 0.717) is 17.5 Å². The summed E-state index contributed by atoms with van der Waals surface area (Å²) in [5.41, 5.74) is -0.0414. The van der Waals surface area contributed by atoms with E-state index in [-0.39, 0.29) is 23.3 Å². The van der Waals surface area contributed by atoms with Gasteiger partial charge in [-0.15, -0.1) is 0 Å². The van der Waals surface area contributed by atoms with Gasteiger partial charge in [0.05, 0.1) is 6.20 Å². The van der Waals surface area contributed by atoms with E-state index in [0.717, 1.165) is 25.7 Å². The second-order valence-electron chi connectivity index (χ2n) is 7.82. The maximum Gasteiger partial charge on any atom is 0.285 e. The van der Waals surface area contributed by atoms with E-state index in [1.54, 1.807) is 12.3 Å². The van der Waals surface area contributed by atoms with Gasteiger partial charge in [0.1, 0.15) is 5.56 Å². The van der Waals surface area contributed by atoms with Crippen LogP contribution in [0.1, 0.15) is 73.8 Å². The Bertz CT molecular complexity index is 1010. The molecule has 1 saturated carbocycles. The summed E-state index contributed by atoms with van der Waals surface area (Å²) in [6.07, 6.45) is 5.38. The van der Waals surface area contributed by atoms with Gasteiger partial charge in [-0.3, -0.25) is 10.1 Å². The molecule has 0 bridgehead atoms. The summed E-state index contributed by atoms with van der Waals surface area (Å²) in [7, 11) is 0. The van der Waals surface area contributed by atoms with Crippen molar-refractivity contribution in [3.8, 4) is 0 Å². The Morgan fingerprint density at radius 1 is 1.28 bits per heavy atom. The Kier molecular flexibility index (Phi) is 5.29. The van der Waals surface area contributed by atoms with Crippen molar-refractivity contribution in [2.75, 3.05) is 5.32 Å². The molecule has 0 aromatic carbocycles. The lowest BCUT2D eigenvalue weighted by Gasteiger charge is -2.29. The van der Waals surface area contributed by atoms with Crippen molar-refractivity contribution in [1.29, 1.82) is 0 Å². The summed E-state index contributed by atoms with van der Waals surface area (Å²) < 4.78 is 34.1. The number of rotatable bonds is 5. The largest absolute Gasteiger partial charge is 0.424 e. The van der Waals surface area contributed by atoms with Crippen LogP contribution in [0, 0.1) is 11.8 Å². The average Bonchev–Trinajstić information content (AvgIpc) is 3.32. The first kappa shape index (κ1) is 19.5. The van der Waals surface area contributed by atoms with E-state index >= 15 is 0 Å². The van der Waals surface area contributed by atoms with Gasteiger partial charge in [-0.25, -0.2) is 23.3 Å². The Morgan fingerprint density at radius 3 is 2.72 bits per heavy atom. The highest BCUT2D eigenvalue weighted by Gasteiger charge is 2.31. The number of carbonyl (C=O) groups excluding carboxylic acids is 1. The monoisotopic (exact) mass is 403 g/mol. The number of nitrogens with zero attached hydrogens (tertiary/aromatic N) is 4. The molecule has 0 aliphatic heterocycles. The Morgan fingerprint density at radius 2 is 2.03 bits per heavy atom. The van der Waals surface area contributed by atoms with Crippen LogP contribution in [0.25, 0.3) is 5.65 Å². The zero-order valence-corrected chi connectivity index (χ0v) is 16.3. The van der Waals surface area contributed by atoms with E-state index in [2.05, 4.69) is 34.2 Å². The summed E-state index contributed by atoms with van der Waals surface area (Å²) in [5.74, 6) is 0.584. The minimum absolute atomic E-state index is 0.00760. The van der Waals surface area contributed by atoms with Gasteiger partial charge in [0, 0.05) is 18.3 Å². The number of carbonyl (C=O) groups is 1. The molecule has 1 N–H and O–H groups in total. The lowest BCUT2D eigenvalue weighted by Crippen LogP contribution is -2.17. The summed E-state index contributed by atoms with van der Waals surface area (Å²) in [4.78, 5) is 20.8. The molecule has 1 fully saturated rings. The maximum absolute atomic E-state index is 13.5. The van der Waals surface area contributed by atoms with Crippen molar-refractivity contribution < 1.29 is 18.0 Å². The van der Waals surface area contributed by atoms with Crippen molar-refractivity contribution in [1.82, 2.24) is 19.6 Å². The highest BCUT2D eigenvalue weighted by Crippen LogP contribution is 2.40. The number of amides is 1. The van der Waals surface area contributed by atoms with E-state index in [9.17, 15) is 13.6 Å². The molecule has 1 aliphatic carbocycles. The predicted molar refractivity (Wildman–Crippen MR) is 102 cm³/mol. The Hall–Kier alpha value is -2.84.